The molecule has 3 heterocycles. The second kappa shape index (κ2) is 68.2. The Kier molecular flexibility index (Phi) is 69.4. The van der Waals surface area contributed by atoms with Gasteiger partial charge in [0, 0.05) is 143 Å². The van der Waals surface area contributed by atoms with Crippen LogP contribution in [0.1, 0.15) is 123 Å². The first-order chi connectivity index (χ1) is 58.3. The van der Waals surface area contributed by atoms with E-state index in [4.69, 9.17) is 212 Å². The lowest BCUT2D eigenvalue weighted by atomic mass is 10.1. The van der Waals surface area contributed by atoms with Crippen LogP contribution in [0.25, 0.3) is 11.1 Å². The third-order valence-electron chi connectivity index (χ3n) is 13.9. The van der Waals surface area contributed by atoms with Gasteiger partial charge in [0.2, 0.25) is 23.2 Å². The van der Waals surface area contributed by atoms with E-state index in [2.05, 4.69) is 43.2 Å². The highest BCUT2D eigenvalue weighted by molar-refractivity contribution is 9.10. The smallest absolute Gasteiger partial charge is 0.435 e. The molecule has 28 nitrogen and oxygen atoms in total. The lowest BCUT2D eigenvalue weighted by Gasteiger charge is -2.21. The van der Waals surface area contributed by atoms with E-state index in [-0.39, 0.29) is 59.0 Å². The normalized spacial score (nSPS) is 13.2. The SMILES string of the molecule is C.C.C.C.C#COP(=S)(OC)SCn1c(=O)oc2cc(Cl)ccc21.C#CSCSP(=S)(OCC)OCC.CCCSP(=O)(OC)Oc1ccc(Br)cc1Cl.CCCSP(=S)(OC)Oc1ccc(Cl)cc1Cl.CCN(CC)c1nc(C)cc(OP(=S)(OC)OC)n1.CCOP(=S)(OC)O/N=C(\C#N)c1ccccc1.COP(=S)(OC)SCN1C(=O)c2ccccc2C1=O. The molecule has 0 saturated heterocycles. The van der Waals surface area contributed by atoms with Crippen molar-refractivity contribution in [3.63, 3.8) is 0 Å². The number of anilines is 1. The number of amides is 2. The van der Waals surface area contributed by atoms with Crippen LogP contribution >= 0.6 is 174 Å². The number of aryl methyl sites for hydroxylation is 1. The first-order valence-corrected chi connectivity index (χ1v) is 63.9. The summed E-state index contributed by atoms with van der Waals surface area (Å²) in [6.07, 6.45) is 14.1. The predicted molar refractivity (Wildman–Crippen MR) is 565 cm³/mol. The number of carbonyl (C=O) groups is 2. The monoisotopic (exact) mass is 2260 g/mol. The van der Waals surface area contributed by atoms with Crippen LogP contribution < -0.4 is 24.2 Å². The molecule has 2 amide bonds. The van der Waals surface area contributed by atoms with Crippen molar-refractivity contribution in [2.24, 2.45) is 5.16 Å². The fourth-order valence-electron chi connectivity index (χ4n) is 8.24. The van der Waals surface area contributed by atoms with Gasteiger partial charge in [0.15, 0.2) is 11.3 Å². The Balaban J connectivity index is -0.00000141. The maximum atomic E-state index is 12.2. The number of nitriles is 1. The van der Waals surface area contributed by atoms with Gasteiger partial charge < -0.3 is 72.8 Å². The van der Waals surface area contributed by atoms with Gasteiger partial charge in [-0.2, -0.15) is 10.2 Å². The molecule has 4 atom stereocenters. The molecule has 127 heavy (non-hydrogen) atoms. The van der Waals surface area contributed by atoms with Crippen LogP contribution in [0, 0.1) is 42.5 Å². The summed E-state index contributed by atoms with van der Waals surface area (Å²) in [5.74, 6) is 2.71. The van der Waals surface area contributed by atoms with Crippen LogP contribution in [0.15, 0.2) is 134 Å². The molecule has 712 valence electrons. The fourth-order valence-corrected chi connectivity index (χ4v) is 30.3. The van der Waals surface area contributed by atoms with Crippen LogP contribution in [0.5, 0.6) is 17.4 Å². The van der Waals surface area contributed by atoms with Crippen molar-refractivity contribution < 1.29 is 91.1 Å². The highest BCUT2D eigenvalue weighted by atomic mass is 79.9. The Labute approximate surface area is 833 Å². The molecular formula is C75H109BrCl4N7O21P7S12. The van der Waals surface area contributed by atoms with Crippen LogP contribution in [0.3, 0.4) is 0 Å². The van der Waals surface area contributed by atoms with E-state index in [0.29, 0.717) is 96.8 Å². The van der Waals surface area contributed by atoms with Gasteiger partial charge in [0.25, 0.3) is 17.5 Å². The van der Waals surface area contributed by atoms with Crippen LogP contribution in [-0.4, -0.2) is 149 Å². The van der Waals surface area contributed by atoms with E-state index in [1.807, 2.05) is 64.7 Å². The van der Waals surface area contributed by atoms with E-state index in [9.17, 15) is 18.9 Å². The van der Waals surface area contributed by atoms with E-state index < -0.39 is 48.8 Å². The number of benzene rings is 5. The number of hydrogen-bond donors (Lipinski definition) is 0. The lowest BCUT2D eigenvalue weighted by Crippen LogP contribution is -2.29. The van der Waals surface area contributed by atoms with Crippen molar-refractivity contribution >= 4 is 279 Å². The highest BCUT2D eigenvalue weighted by Gasteiger charge is 2.37. The molecule has 0 fully saturated rings. The zero-order valence-corrected chi connectivity index (χ0v) is 89.9. The number of hydrogen-bond acceptors (Lipinski definition) is 38. The molecule has 1 aliphatic rings. The molecule has 0 aliphatic carbocycles. The first kappa shape index (κ1) is 129. The fraction of sp³-hybridized carbons (Fsp3) is 0.427. The third kappa shape index (κ3) is 46.7. The molecule has 0 bridgehead atoms. The van der Waals surface area contributed by atoms with Gasteiger partial charge >= 0.3 is 31.7 Å². The minimum atomic E-state index is -3.16. The Hall–Kier alpha value is -1.90. The number of halogens is 5. The summed E-state index contributed by atoms with van der Waals surface area (Å²) in [6.45, 7) is 10.0. The molecule has 0 N–H and O–H groups in total. The minimum absolute atomic E-state index is 0. The van der Waals surface area contributed by atoms with E-state index >= 15 is 0 Å². The summed E-state index contributed by atoms with van der Waals surface area (Å²) in [5, 5.41) is 17.8. The maximum Gasteiger partial charge on any atom is 0.439 e. The minimum Gasteiger partial charge on any atom is -0.435 e. The molecule has 7 aromatic rings. The summed E-state index contributed by atoms with van der Waals surface area (Å²) in [5.41, 5.74) is -6.15. The second-order valence-electron chi connectivity index (χ2n) is 22.0. The number of oxazole rings is 1. The molecule has 52 heteroatoms. The van der Waals surface area contributed by atoms with E-state index in [1.54, 1.807) is 123 Å². The van der Waals surface area contributed by atoms with Gasteiger partial charge in [0.05, 0.1) is 63.3 Å². The second-order valence-corrected chi connectivity index (χ2v) is 61.7. The highest BCUT2D eigenvalue weighted by Crippen LogP contribution is 2.64. The predicted octanol–water partition coefficient (Wildman–Crippen LogP) is 27.9. The number of fused-ring (bicyclic) bond motifs is 2. The standard InChI is InChI=1S/C11H9ClNO4PS2.C11H20N3O3PS.C11H13N2O3PS.C11H12NO4PS2.C10H13BrClO3PS.C10H13Cl2O2PS2.C7H13O2PS3.4CH4/c1-3-16-18(19,15-2)20-7-13-9-5-4-8(12)6-10(9)17-11(13)14;1-6-14(7-2)11-12-9(3)8-10(13-11)17-18(19,15-4)16-5;1-3-15-17(18,14-2)16-13-11(9-12)10-7-5-4-6-8-10;1-15-17(18,16-2)19-7-12-10(13)8-5-3-4-6-9(8)11(12)14;1-3-6-17-16(13,14-2)15-10-5-4-8(11)7-9(10)12;1-3-6-17-15(16,13-2)14-10-5-4-8(11)7-9(10)12;1-4-8-10(11,9-5-2)13-7-12-6-3;;;;/h1,4-6H,7H2,2H3;8H,6-7H2,1-5H3;4-8H,3H2,1-2H3;3-6H,7H2,1-2H3;2*4-5,7H,3,6H2,1-2H3;3H,4-5,7H2,1-2H3;4*1H4/b;;13-11+;;;;;;;;. The van der Waals surface area contributed by atoms with Crippen LogP contribution in [-0.2, 0) is 140 Å². The summed E-state index contributed by atoms with van der Waals surface area (Å²) in [6, 6.07) is 34.4. The molecular weight excluding hydrogens is 2160 g/mol. The largest absolute Gasteiger partial charge is 0.439 e. The molecule has 2 aromatic heterocycles. The van der Waals surface area contributed by atoms with Crippen molar-refractivity contribution in [1.82, 2.24) is 19.4 Å². The van der Waals surface area contributed by atoms with Crippen LogP contribution in [0.4, 0.5) is 5.95 Å². The lowest BCUT2D eigenvalue weighted by molar-refractivity contribution is 0.0684. The Morgan fingerprint density at radius 1 is 0.575 bits per heavy atom. The number of thioether (sulfide) groups is 1. The molecule has 5 aromatic carbocycles. The topological polar surface area (TPSA) is 302 Å². The molecule has 8 rings (SSSR count). The maximum absolute atomic E-state index is 12.2. The molecule has 0 radical (unpaired) electrons. The molecule has 0 spiro atoms. The zero-order valence-electron chi connectivity index (χ0n) is 69.2. The summed E-state index contributed by atoms with van der Waals surface area (Å²) < 4.78 is 103. The van der Waals surface area contributed by atoms with Gasteiger partial charge in [-0.15, -0.1) is 6.42 Å². The van der Waals surface area contributed by atoms with Crippen molar-refractivity contribution in [2.75, 3.05) is 117 Å². The number of aromatic nitrogens is 3. The third-order valence-corrected chi connectivity index (χ3v) is 47.0. The summed E-state index contributed by atoms with van der Waals surface area (Å²) in [7, 11) is 11.6. The van der Waals surface area contributed by atoms with Crippen molar-refractivity contribution in [3.05, 3.63) is 173 Å². The average molecular weight is 2270 g/mol. The Morgan fingerprint density at radius 2 is 1.09 bits per heavy atom. The Morgan fingerprint density at radius 3 is 1.57 bits per heavy atom. The van der Waals surface area contributed by atoms with Crippen LogP contribution in [0.2, 0.25) is 20.1 Å². The van der Waals surface area contributed by atoms with Gasteiger partial charge in [0.1, 0.15) is 23.7 Å². The van der Waals surface area contributed by atoms with E-state index in [0.717, 1.165) is 74.6 Å². The van der Waals surface area contributed by atoms with Crippen molar-refractivity contribution in [3.8, 4) is 47.7 Å². The van der Waals surface area contributed by atoms with E-state index in [1.165, 1.54) is 100 Å². The number of oxime groups is 1. The first-order valence-electron chi connectivity index (χ1n) is 35.4. The number of rotatable bonds is 42. The van der Waals surface area contributed by atoms with Gasteiger partial charge in [-0.25, -0.2) is 14.3 Å². The molecule has 4 unspecified atom stereocenters. The number of imide groups is 1. The van der Waals surface area contributed by atoms with Crippen molar-refractivity contribution in [2.45, 2.75) is 104 Å². The Bertz CT molecular complexity index is 4980. The van der Waals surface area contributed by atoms with Gasteiger partial charge in [-0.3, -0.25) is 28.1 Å². The van der Waals surface area contributed by atoms with Crippen molar-refractivity contribution in [1.29, 1.82) is 5.26 Å². The summed E-state index contributed by atoms with van der Waals surface area (Å²) >= 11 is 66.1. The average Bonchev–Trinajstić information content (AvgIpc) is 1.64. The molecule has 1 aliphatic heterocycles. The van der Waals surface area contributed by atoms with Gasteiger partial charge in [-0.05, 0) is 202 Å². The summed E-state index contributed by atoms with van der Waals surface area (Å²) in [4.78, 5) is 47.9. The van der Waals surface area contributed by atoms with Gasteiger partial charge in [-0.1, -0.05) is 194 Å². The molecule has 0 saturated carbocycles. The number of carbonyl (C=O) groups excluding carboxylic acids is 2. The number of terminal acetylenes is 2. The quantitative estimate of drug-likeness (QED) is 0.00653. The number of nitrogens with zero attached hydrogens (tertiary/aromatic N) is 7. The zero-order chi connectivity index (χ0) is 92.6.